The Bertz CT molecular complexity index is 252. The normalized spacial score (nSPS) is 22.8. The standard InChI is InChI=1S/C10H17NO4/c1-7(12)8-3-2-6-11(8)9(13)4-5-10(14)15/h7-8,12H,2-6H2,1H3,(H,14,15)/t7-,8+/m1/s1. The Morgan fingerprint density at radius 3 is 2.67 bits per heavy atom. The number of carboxylic acids is 1. The van der Waals surface area contributed by atoms with E-state index in [0.717, 1.165) is 12.8 Å². The third kappa shape index (κ3) is 3.20. The Morgan fingerprint density at radius 2 is 2.13 bits per heavy atom. The highest BCUT2D eigenvalue weighted by atomic mass is 16.4. The number of amides is 1. The molecule has 0 unspecified atom stereocenters. The maximum absolute atomic E-state index is 11.6. The molecule has 0 aliphatic carbocycles. The zero-order valence-electron chi connectivity index (χ0n) is 8.85. The monoisotopic (exact) mass is 215 g/mol. The molecule has 0 bridgehead atoms. The molecule has 1 saturated heterocycles. The Balaban J connectivity index is 2.47. The molecule has 0 saturated carbocycles. The van der Waals surface area contributed by atoms with Gasteiger partial charge in [-0.15, -0.1) is 0 Å². The van der Waals surface area contributed by atoms with Crippen LogP contribution in [0, 0.1) is 0 Å². The van der Waals surface area contributed by atoms with E-state index in [4.69, 9.17) is 5.11 Å². The predicted molar refractivity (Wildman–Crippen MR) is 53.3 cm³/mol. The van der Waals surface area contributed by atoms with E-state index in [9.17, 15) is 14.7 Å². The van der Waals surface area contributed by atoms with E-state index < -0.39 is 12.1 Å². The van der Waals surface area contributed by atoms with E-state index in [-0.39, 0.29) is 24.8 Å². The SMILES string of the molecule is C[C@@H](O)[C@@H]1CCCN1C(=O)CCC(=O)O. The summed E-state index contributed by atoms with van der Waals surface area (Å²) in [6.07, 6.45) is 1.03. The number of carboxylic acid groups (broad SMARTS) is 1. The van der Waals surface area contributed by atoms with Gasteiger partial charge < -0.3 is 15.1 Å². The lowest BCUT2D eigenvalue weighted by molar-refractivity contribution is -0.141. The average molecular weight is 215 g/mol. The maximum atomic E-state index is 11.6. The first-order valence-corrected chi connectivity index (χ1v) is 5.21. The molecule has 0 spiro atoms. The van der Waals surface area contributed by atoms with Gasteiger partial charge >= 0.3 is 5.97 Å². The van der Waals surface area contributed by atoms with E-state index >= 15 is 0 Å². The summed E-state index contributed by atoms with van der Waals surface area (Å²) in [5, 5.41) is 17.9. The van der Waals surface area contributed by atoms with Crippen molar-refractivity contribution in [1.29, 1.82) is 0 Å². The first-order valence-electron chi connectivity index (χ1n) is 5.21. The highest BCUT2D eigenvalue weighted by Gasteiger charge is 2.31. The van der Waals surface area contributed by atoms with E-state index in [0.29, 0.717) is 6.54 Å². The van der Waals surface area contributed by atoms with Crippen LogP contribution in [-0.4, -0.2) is 45.7 Å². The van der Waals surface area contributed by atoms with Crippen LogP contribution in [0.5, 0.6) is 0 Å². The van der Waals surface area contributed by atoms with Crippen LogP contribution >= 0.6 is 0 Å². The van der Waals surface area contributed by atoms with Gasteiger partial charge in [0.1, 0.15) is 0 Å². The quantitative estimate of drug-likeness (QED) is 0.703. The molecule has 1 aliphatic heterocycles. The van der Waals surface area contributed by atoms with Crippen molar-refractivity contribution in [2.45, 2.75) is 44.8 Å². The van der Waals surface area contributed by atoms with Crippen molar-refractivity contribution in [3.8, 4) is 0 Å². The Morgan fingerprint density at radius 1 is 1.47 bits per heavy atom. The van der Waals surface area contributed by atoms with Crippen molar-refractivity contribution < 1.29 is 19.8 Å². The van der Waals surface area contributed by atoms with Crippen molar-refractivity contribution >= 4 is 11.9 Å². The highest BCUT2D eigenvalue weighted by Crippen LogP contribution is 2.21. The lowest BCUT2D eigenvalue weighted by Crippen LogP contribution is -2.41. The Hall–Kier alpha value is -1.10. The molecule has 5 nitrogen and oxygen atoms in total. The van der Waals surface area contributed by atoms with Crippen molar-refractivity contribution in [2.24, 2.45) is 0 Å². The first-order chi connectivity index (χ1) is 7.02. The summed E-state index contributed by atoms with van der Waals surface area (Å²) < 4.78 is 0. The third-order valence-electron chi connectivity index (χ3n) is 2.73. The van der Waals surface area contributed by atoms with Gasteiger partial charge in [0, 0.05) is 13.0 Å². The second kappa shape index (κ2) is 5.11. The zero-order valence-corrected chi connectivity index (χ0v) is 8.85. The van der Waals surface area contributed by atoms with E-state index in [2.05, 4.69) is 0 Å². The molecular formula is C10H17NO4. The number of hydrogen-bond donors (Lipinski definition) is 2. The molecule has 1 amide bonds. The number of carbonyl (C=O) groups is 2. The van der Waals surface area contributed by atoms with Crippen LogP contribution in [0.3, 0.4) is 0 Å². The minimum absolute atomic E-state index is 0.0263. The maximum Gasteiger partial charge on any atom is 0.303 e. The Labute approximate surface area is 88.7 Å². The molecule has 0 aromatic heterocycles. The second-order valence-electron chi connectivity index (χ2n) is 3.93. The first kappa shape index (κ1) is 12.0. The molecule has 2 atom stereocenters. The van der Waals surface area contributed by atoms with Crippen LogP contribution in [-0.2, 0) is 9.59 Å². The smallest absolute Gasteiger partial charge is 0.303 e. The van der Waals surface area contributed by atoms with E-state index in [1.54, 1.807) is 11.8 Å². The number of carbonyl (C=O) groups excluding carboxylic acids is 1. The molecule has 1 aliphatic rings. The van der Waals surface area contributed by atoms with Gasteiger partial charge in [0.05, 0.1) is 18.6 Å². The number of rotatable bonds is 4. The van der Waals surface area contributed by atoms with Gasteiger partial charge in [0.2, 0.25) is 5.91 Å². The van der Waals surface area contributed by atoms with Crippen molar-refractivity contribution in [3.05, 3.63) is 0 Å². The van der Waals surface area contributed by atoms with Crippen LogP contribution in [0.2, 0.25) is 0 Å². The molecular weight excluding hydrogens is 198 g/mol. The van der Waals surface area contributed by atoms with Gasteiger partial charge in [-0.05, 0) is 19.8 Å². The van der Waals surface area contributed by atoms with Gasteiger partial charge in [-0.3, -0.25) is 9.59 Å². The van der Waals surface area contributed by atoms with E-state index in [1.165, 1.54) is 0 Å². The zero-order chi connectivity index (χ0) is 11.4. The fourth-order valence-corrected chi connectivity index (χ4v) is 1.96. The molecule has 0 aromatic rings. The lowest BCUT2D eigenvalue weighted by Gasteiger charge is -2.26. The molecule has 86 valence electrons. The summed E-state index contributed by atoms with van der Waals surface area (Å²) in [5.41, 5.74) is 0. The summed E-state index contributed by atoms with van der Waals surface area (Å²) >= 11 is 0. The molecule has 1 heterocycles. The fraction of sp³-hybridized carbons (Fsp3) is 0.800. The molecule has 1 fully saturated rings. The largest absolute Gasteiger partial charge is 0.481 e. The third-order valence-corrected chi connectivity index (χ3v) is 2.73. The summed E-state index contributed by atoms with van der Waals surface area (Å²) in [5.74, 6) is -1.13. The van der Waals surface area contributed by atoms with Crippen LogP contribution < -0.4 is 0 Å². The second-order valence-corrected chi connectivity index (χ2v) is 3.93. The Kier molecular flexibility index (Phi) is 4.08. The van der Waals surface area contributed by atoms with E-state index in [1.807, 2.05) is 0 Å². The van der Waals surface area contributed by atoms with Gasteiger partial charge in [-0.25, -0.2) is 0 Å². The number of aliphatic carboxylic acids is 1. The fourth-order valence-electron chi connectivity index (χ4n) is 1.96. The van der Waals surface area contributed by atoms with Crippen LogP contribution in [0.25, 0.3) is 0 Å². The summed E-state index contributed by atoms with van der Waals surface area (Å²) in [6, 6.07) is -0.133. The number of likely N-dealkylation sites (tertiary alicyclic amines) is 1. The average Bonchev–Trinajstić information content (AvgIpc) is 2.62. The van der Waals surface area contributed by atoms with Gasteiger partial charge in [0.15, 0.2) is 0 Å². The van der Waals surface area contributed by atoms with Crippen LogP contribution in [0.4, 0.5) is 0 Å². The van der Waals surface area contributed by atoms with Crippen molar-refractivity contribution in [1.82, 2.24) is 4.90 Å². The highest BCUT2D eigenvalue weighted by molar-refractivity contribution is 5.81. The summed E-state index contributed by atoms with van der Waals surface area (Å²) in [6.45, 7) is 2.29. The number of hydrogen-bond acceptors (Lipinski definition) is 3. The number of nitrogens with zero attached hydrogens (tertiary/aromatic N) is 1. The molecule has 0 aromatic carbocycles. The lowest BCUT2D eigenvalue weighted by atomic mass is 10.1. The summed E-state index contributed by atoms with van der Waals surface area (Å²) in [4.78, 5) is 23.5. The summed E-state index contributed by atoms with van der Waals surface area (Å²) in [7, 11) is 0. The van der Waals surface area contributed by atoms with Crippen LogP contribution in [0.15, 0.2) is 0 Å². The van der Waals surface area contributed by atoms with Crippen molar-refractivity contribution in [2.75, 3.05) is 6.54 Å². The van der Waals surface area contributed by atoms with Gasteiger partial charge in [-0.2, -0.15) is 0 Å². The van der Waals surface area contributed by atoms with Crippen molar-refractivity contribution in [3.63, 3.8) is 0 Å². The minimum Gasteiger partial charge on any atom is -0.481 e. The molecule has 5 heteroatoms. The molecule has 0 radical (unpaired) electrons. The molecule has 1 rings (SSSR count). The topological polar surface area (TPSA) is 77.8 Å². The number of aliphatic hydroxyl groups is 1. The molecule has 2 N–H and O–H groups in total. The molecule has 15 heavy (non-hydrogen) atoms. The number of aliphatic hydroxyl groups excluding tert-OH is 1. The minimum atomic E-state index is -0.962. The predicted octanol–water partition coefficient (Wildman–Crippen LogP) is 0.223. The van der Waals surface area contributed by atoms with Gasteiger partial charge in [0.25, 0.3) is 0 Å². The van der Waals surface area contributed by atoms with Crippen LogP contribution in [0.1, 0.15) is 32.6 Å². The van der Waals surface area contributed by atoms with Gasteiger partial charge in [-0.1, -0.05) is 0 Å².